The van der Waals surface area contributed by atoms with Crippen LogP contribution in [-0.2, 0) is 25.0 Å². The third-order valence-corrected chi connectivity index (χ3v) is 8.54. The predicted molar refractivity (Wildman–Crippen MR) is 154 cm³/mol. The molecule has 3 aliphatic rings. The highest BCUT2D eigenvalue weighted by molar-refractivity contribution is 5.91. The van der Waals surface area contributed by atoms with Crippen molar-refractivity contribution in [3.8, 4) is 11.6 Å². The first-order valence-corrected chi connectivity index (χ1v) is 14.9. The zero-order valence-corrected chi connectivity index (χ0v) is 25.4. The van der Waals surface area contributed by atoms with E-state index in [0.29, 0.717) is 25.0 Å². The Bertz CT molecular complexity index is 1450. The summed E-state index contributed by atoms with van der Waals surface area (Å²) < 4.78 is 53.8. The van der Waals surface area contributed by atoms with Crippen molar-refractivity contribution in [2.24, 2.45) is 17.8 Å². The summed E-state index contributed by atoms with van der Waals surface area (Å²) in [4.78, 5) is 49.9. The van der Waals surface area contributed by atoms with Crippen molar-refractivity contribution in [2.45, 2.75) is 76.7 Å². The lowest BCUT2D eigenvalue weighted by Gasteiger charge is -2.30. The van der Waals surface area contributed by atoms with Gasteiger partial charge in [0.05, 0.1) is 31.8 Å². The second kappa shape index (κ2) is 12.5. The lowest BCUT2D eigenvalue weighted by Crippen LogP contribution is -2.55. The van der Waals surface area contributed by atoms with Crippen molar-refractivity contribution in [1.29, 1.82) is 0 Å². The summed E-state index contributed by atoms with van der Waals surface area (Å²) in [7, 11) is 2.69. The van der Waals surface area contributed by atoms with Crippen LogP contribution >= 0.6 is 0 Å². The van der Waals surface area contributed by atoms with Crippen molar-refractivity contribution in [2.75, 3.05) is 20.8 Å². The third-order valence-electron chi connectivity index (χ3n) is 8.54. The summed E-state index contributed by atoms with van der Waals surface area (Å²) in [6, 6.07) is 2.62. The third kappa shape index (κ3) is 6.27. The highest BCUT2D eigenvalue weighted by Gasteiger charge is 2.51. The Morgan fingerprint density at radius 3 is 2.59 bits per heavy atom. The van der Waals surface area contributed by atoms with E-state index in [4.69, 9.17) is 18.9 Å². The number of alkyl carbamates (subject to hydrolysis) is 1. The average Bonchev–Trinajstić information content (AvgIpc) is 3.63. The maximum absolute atomic E-state index is 15.9. The molecule has 2 aromatic rings. The normalized spacial score (nSPS) is 28.6. The van der Waals surface area contributed by atoms with Gasteiger partial charge in [0.15, 0.2) is 5.69 Å². The summed E-state index contributed by atoms with van der Waals surface area (Å²) in [5, 5.41) is 2.68. The number of nitrogens with zero attached hydrogens (tertiary/aromatic N) is 3. The quantitative estimate of drug-likeness (QED) is 0.393. The summed E-state index contributed by atoms with van der Waals surface area (Å²) in [6.07, 6.45) is 1.70. The van der Waals surface area contributed by atoms with E-state index in [9.17, 15) is 14.4 Å². The molecule has 2 fully saturated rings. The Balaban J connectivity index is 1.61. The van der Waals surface area contributed by atoms with Crippen LogP contribution in [0.15, 0.2) is 30.4 Å². The van der Waals surface area contributed by atoms with Crippen molar-refractivity contribution < 1.29 is 42.1 Å². The highest BCUT2D eigenvalue weighted by Crippen LogP contribution is 2.41. The van der Waals surface area contributed by atoms with Gasteiger partial charge in [0.2, 0.25) is 11.8 Å². The minimum absolute atomic E-state index is 0.0135. The fraction of sp³-hybridized carbons (Fsp3) is 0.581. The van der Waals surface area contributed by atoms with Crippen LogP contribution in [-0.4, -0.2) is 77.9 Å². The predicted octanol–water partition coefficient (Wildman–Crippen LogP) is 4.38. The largest absolute Gasteiger partial charge is 0.497 e. The molecule has 0 spiro atoms. The van der Waals surface area contributed by atoms with Gasteiger partial charge in [-0.2, -0.15) is 8.78 Å². The molecule has 0 radical (unpaired) electrons. The summed E-state index contributed by atoms with van der Waals surface area (Å²) in [5.74, 6) is -5.62. The Hall–Kier alpha value is -4.03. The molecule has 13 heteroatoms. The van der Waals surface area contributed by atoms with Crippen LogP contribution in [0.5, 0.6) is 11.6 Å². The van der Waals surface area contributed by atoms with Crippen LogP contribution in [0.1, 0.15) is 52.1 Å². The molecule has 1 N–H and O–H groups in total. The van der Waals surface area contributed by atoms with Gasteiger partial charge in [-0.05, 0) is 37.3 Å². The fourth-order valence-electron chi connectivity index (χ4n) is 5.95. The topological polar surface area (TPSA) is 129 Å². The number of rotatable bonds is 4. The SMILES string of the molecule is CC[C@@H]1[C@@H]2CN(C(=O)[C@H](C(C)C)NC(=O)O[C@H]3C[C@@H]3CC=CCC(F)(F)c3nc4ccc(OC)cc4nc3O2)[C@@H]1C(=O)OC. The number of hydrogen-bond donors (Lipinski definition) is 1. The summed E-state index contributed by atoms with van der Waals surface area (Å²) in [5.41, 5.74) is -0.132. The Morgan fingerprint density at radius 2 is 1.91 bits per heavy atom. The summed E-state index contributed by atoms with van der Waals surface area (Å²) >= 11 is 0. The van der Waals surface area contributed by atoms with Gasteiger partial charge in [0, 0.05) is 24.3 Å². The number of ether oxygens (including phenoxy) is 4. The Morgan fingerprint density at radius 1 is 1.14 bits per heavy atom. The lowest BCUT2D eigenvalue weighted by molar-refractivity contribution is -0.153. The molecule has 1 saturated carbocycles. The lowest BCUT2D eigenvalue weighted by atomic mass is 9.94. The van der Waals surface area contributed by atoms with Gasteiger partial charge in [-0.3, -0.25) is 4.79 Å². The second-order valence-corrected chi connectivity index (χ2v) is 11.8. The monoisotopic (exact) mass is 616 g/mol. The molecule has 1 aromatic heterocycles. The van der Waals surface area contributed by atoms with Crippen LogP contribution in [0, 0.1) is 17.8 Å². The maximum atomic E-state index is 15.9. The van der Waals surface area contributed by atoms with Gasteiger partial charge in [-0.15, -0.1) is 0 Å². The number of halogens is 2. The van der Waals surface area contributed by atoms with Crippen LogP contribution in [0.25, 0.3) is 11.0 Å². The van der Waals surface area contributed by atoms with Crippen LogP contribution in [0.3, 0.4) is 0 Å². The smallest absolute Gasteiger partial charge is 0.408 e. The number of aromatic nitrogens is 2. The van der Waals surface area contributed by atoms with E-state index in [1.165, 1.54) is 25.2 Å². The van der Waals surface area contributed by atoms with Gasteiger partial charge in [0.1, 0.15) is 30.0 Å². The van der Waals surface area contributed by atoms with Crippen molar-refractivity contribution in [1.82, 2.24) is 20.2 Å². The van der Waals surface area contributed by atoms with E-state index in [2.05, 4.69) is 15.3 Å². The molecule has 6 atom stereocenters. The average molecular weight is 617 g/mol. The van der Waals surface area contributed by atoms with E-state index >= 15 is 8.78 Å². The molecule has 11 nitrogen and oxygen atoms in total. The highest BCUT2D eigenvalue weighted by atomic mass is 19.3. The minimum atomic E-state index is -3.46. The van der Waals surface area contributed by atoms with Crippen LogP contribution < -0.4 is 14.8 Å². The van der Waals surface area contributed by atoms with Gasteiger partial charge in [-0.1, -0.05) is 32.9 Å². The summed E-state index contributed by atoms with van der Waals surface area (Å²) in [6.45, 7) is 5.20. The molecule has 1 saturated heterocycles. The van der Waals surface area contributed by atoms with E-state index in [0.717, 1.165) is 0 Å². The number of fused-ring (bicyclic) bond motifs is 5. The Labute approximate surface area is 254 Å². The molecule has 2 amide bonds. The van der Waals surface area contributed by atoms with E-state index in [-0.39, 0.29) is 35.5 Å². The molecule has 2 bridgehead atoms. The van der Waals surface area contributed by atoms with Crippen LogP contribution in [0.4, 0.5) is 13.6 Å². The van der Waals surface area contributed by atoms with Crippen molar-refractivity contribution in [3.63, 3.8) is 0 Å². The number of methoxy groups -OCH3 is 2. The van der Waals surface area contributed by atoms with Gasteiger partial charge < -0.3 is 29.2 Å². The van der Waals surface area contributed by atoms with E-state index in [1.807, 2.05) is 0 Å². The molecule has 1 aliphatic carbocycles. The standard InChI is InChI=1S/C31H38F2N4O7/c1-6-19-23-15-37(25(19)29(39)42-5)28(38)24(16(2)3)36-30(40)44-22-13-17(22)9-7-8-12-31(32,33)26-27(43-23)35-21-14-18(41-4)10-11-20(21)34-26/h7-8,10-11,14,16-17,19,22-25H,6,9,12-13,15H2,1-5H3,(H,36,40)/t17-,19+,22-,23-,24-,25-/m0/s1. The first-order chi connectivity index (χ1) is 21.0. The minimum Gasteiger partial charge on any atom is -0.497 e. The van der Waals surface area contributed by atoms with E-state index in [1.54, 1.807) is 45.0 Å². The molecular formula is C31H38F2N4O7. The molecule has 44 heavy (non-hydrogen) atoms. The molecule has 238 valence electrons. The van der Waals surface area contributed by atoms with E-state index < -0.39 is 66.0 Å². The molecule has 3 heterocycles. The first kappa shape index (κ1) is 31.4. The first-order valence-electron chi connectivity index (χ1n) is 14.9. The second-order valence-electron chi connectivity index (χ2n) is 11.8. The number of carbonyl (C=O) groups excluding carboxylic acids is 3. The number of amides is 2. The molecule has 1 aromatic carbocycles. The molecule has 0 unspecified atom stereocenters. The fourth-order valence-corrected chi connectivity index (χ4v) is 5.95. The molecule has 5 rings (SSSR count). The van der Waals surface area contributed by atoms with Gasteiger partial charge in [-0.25, -0.2) is 19.6 Å². The van der Waals surface area contributed by atoms with Gasteiger partial charge in [0.25, 0.3) is 5.92 Å². The number of esters is 1. The Kier molecular flexibility index (Phi) is 8.94. The van der Waals surface area contributed by atoms with Crippen LogP contribution in [0.2, 0.25) is 0 Å². The molecular weight excluding hydrogens is 578 g/mol. The maximum Gasteiger partial charge on any atom is 0.408 e. The van der Waals surface area contributed by atoms with Crippen molar-refractivity contribution in [3.05, 3.63) is 36.0 Å². The van der Waals surface area contributed by atoms with Gasteiger partial charge >= 0.3 is 12.1 Å². The zero-order chi connectivity index (χ0) is 31.8. The van der Waals surface area contributed by atoms with Crippen molar-refractivity contribution >= 4 is 29.0 Å². The molecule has 2 aliphatic heterocycles. The number of hydrogen-bond acceptors (Lipinski definition) is 9. The number of allylic oxidation sites excluding steroid dienone is 2. The number of alkyl halides is 2. The zero-order valence-electron chi connectivity index (χ0n) is 25.4. The number of nitrogens with one attached hydrogen (secondary N) is 1. The number of carbonyl (C=O) groups is 3. The number of benzene rings is 1.